The Kier molecular flexibility index (Phi) is 12.8. The second kappa shape index (κ2) is 16.4. The summed E-state index contributed by atoms with van der Waals surface area (Å²) in [6, 6.07) is 8.47. The van der Waals surface area contributed by atoms with Gasteiger partial charge in [-0.05, 0) is 88.0 Å². The first-order chi connectivity index (χ1) is 22.3. The van der Waals surface area contributed by atoms with Gasteiger partial charge in [0.2, 0.25) is 10.0 Å². The lowest BCUT2D eigenvalue weighted by Gasteiger charge is -2.39. The first kappa shape index (κ1) is 36.8. The lowest BCUT2D eigenvalue weighted by atomic mass is 10.0. The molecule has 1 fully saturated rings. The summed E-state index contributed by atoms with van der Waals surface area (Å²) in [5.41, 5.74) is 6.53. The SMILES string of the molecule is CC(C)(C)OC(=O)N[C@@H]1CCCN([C@H]2Cc3c(C#N)cc(Cl)cc3[C@@H]2Oc2ccc(S(=O)(=O)NCCOCCOCCN)cc2F)C1. The van der Waals surface area contributed by atoms with Crippen molar-refractivity contribution in [3.63, 3.8) is 0 Å². The number of nitrogens with two attached hydrogens (primary N) is 1. The zero-order chi connectivity index (χ0) is 34.2. The highest BCUT2D eigenvalue weighted by Gasteiger charge is 2.42. The molecule has 3 atom stereocenters. The van der Waals surface area contributed by atoms with E-state index >= 15 is 4.39 Å². The average molecular weight is 696 g/mol. The molecule has 0 spiro atoms. The molecule has 15 heteroatoms. The number of ether oxygens (including phenoxy) is 4. The van der Waals surface area contributed by atoms with Crippen molar-refractivity contribution in [1.29, 1.82) is 5.26 Å². The number of piperidine rings is 1. The van der Waals surface area contributed by atoms with Crippen molar-refractivity contribution in [2.24, 2.45) is 5.73 Å². The Bertz CT molecular complexity index is 1550. The number of rotatable bonds is 14. The molecule has 1 amide bonds. The Labute approximate surface area is 280 Å². The minimum Gasteiger partial charge on any atom is -0.481 e. The van der Waals surface area contributed by atoms with E-state index in [-0.39, 0.29) is 42.5 Å². The van der Waals surface area contributed by atoms with Crippen molar-refractivity contribution in [3.8, 4) is 11.8 Å². The number of sulfonamides is 1. The molecule has 0 radical (unpaired) electrons. The van der Waals surface area contributed by atoms with Gasteiger partial charge in [0.05, 0.1) is 49.0 Å². The van der Waals surface area contributed by atoms with E-state index in [0.717, 1.165) is 24.5 Å². The van der Waals surface area contributed by atoms with E-state index in [9.17, 15) is 18.5 Å². The van der Waals surface area contributed by atoms with Crippen LogP contribution in [-0.2, 0) is 30.7 Å². The van der Waals surface area contributed by atoms with Crippen LogP contribution in [0.5, 0.6) is 5.75 Å². The fraction of sp³-hybridized carbons (Fsp3) is 0.562. The van der Waals surface area contributed by atoms with Gasteiger partial charge in [-0.2, -0.15) is 5.26 Å². The van der Waals surface area contributed by atoms with Crippen LogP contribution in [0.15, 0.2) is 35.2 Å². The second-order valence-corrected chi connectivity index (χ2v) is 14.6. The largest absolute Gasteiger partial charge is 0.481 e. The number of nitriles is 1. The van der Waals surface area contributed by atoms with Gasteiger partial charge in [-0.1, -0.05) is 11.6 Å². The fourth-order valence-corrected chi connectivity index (χ4v) is 6.99. The van der Waals surface area contributed by atoms with Gasteiger partial charge in [0.25, 0.3) is 0 Å². The predicted molar refractivity (Wildman–Crippen MR) is 173 cm³/mol. The third kappa shape index (κ3) is 10.2. The molecule has 1 aliphatic carbocycles. The van der Waals surface area contributed by atoms with E-state index < -0.39 is 33.6 Å². The minimum atomic E-state index is -4.03. The minimum absolute atomic E-state index is 0.0127. The summed E-state index contributed by atoms with van der Waals surface area (Å²) in [7, 11) is -4.03. The molecule has 1 saturated heterocycles. The summed E-state index contributed by atoms with van der Waals surface area (Å²) in [5, 5.41) is 13.1. The first-order valence-corrected chi connectivity index (χ1v) is 17.4. The molecule has 4 N–H and O–H groups in total. The highest BCUT2D eigenvalue weighted by molar-refractivity contribution is 7.89. The number of hydrogen-bond acceptors (Lipinski definition) is 10. The highest BCUT2D eigenvalue weighted by atomic mass is 35.5. The molecule has 1 aliphatic heterocycles. The number of halogens is 2. The van der Waals surface area contributed by atoms with Crippen molar-refractivity contribution in [3.05, 3.63) is 57.9 Å². The van der Waals surface area contributed by atoms with Crippen molar-refractivity contribution in [1.82, 2.24) is 14.9 Å². The maximum absolute atomic E-state index is 15.5. The fourth-order valence-electron chi connectivity index (χ4n) is 5.74. The standard InChI is InChI=1S/C32H43ClFN5O7S/c1-32(2,3)46-31(40)38-23-5-4-10-39(20-23)28-18-25-21(19-36)15-22(33)16-26(25)30(28)45-29-7-6-24(17-27(29)34)47(41,42)37-9-12-44-14-13-43-11-8-35/h6-7,15-17,23,28,30,37H,4-5,8-14,18,20,35H2,1-3H3,(H,38,40)/t23-,28+,30+/m1/s1. The predicted octanol–water partition coefficient (Wildman–Crippen LogP) is 3.65. The molecule has 4 rings (SSSR count). The Morgan fingerprint density at radius 1 is 1.17 bits per heavy atom. The molecule has 258 valence electrons. The van der Waals surface area contributed by atoms with Gasteiger partial charge in [-0.15, -0.1) is 0 Å². The maximum atomic E-state index is 15.5. The Hall–Kier alpha value is -3.03. The molecular formula is C32H43ClFN5O7S. The average Bonchev–Trinajstić information content (AvgIpc) is 3.36. The normalized spacial score (nSPS) is 20.0. The Balaban J connectivity index is 1.49. The number of nitrogens with zero attached hydrogens (tertiary/aromatic N) is 2. The van der Waals surface area contributed by atoms with Crippen molar-refractivity contribution in [2.75, 3.05) is 52.6 Å². The Morgan fingerprint density at radius 2 is 1.91 bits per heavy atom. The summed E-state index contributed by atoms with van der Waals surface area (Å²) in [6.07, 6.45) is 0.754. The zero-order valence-electron chi connectivity index (χ0n) is 26.9. The maximum Gasteiger partial charge on any atom is 0.407 e. The van der Waals surface area contributed by atoms with Crippen molar-refractivity contribution in [2.45, 2.75) is 68.7 Å². The van der Waals surface area contributed by atoms with E-state index in [1.54, 1.807) is 32.9 Å². The molecule has 0 bridgehead atoms. The quantitative estimate of drug-likeness (QED) is 0.249. The van der Waals surface area contributed by atoms with Gasteiger partial charge >= 0.3 is 6.09 Å². The molecule has 0 unspecified atom stereocenters. The third-order valence-electron chi connectivity index (χ3n) is 7.72. The molecule has 0 aromatic heterocycles. The van der Waals surface area contributed by atoms with E-state index in [1.807, 2.05) is 0 Å². The summed E-state index contributed by atoms with van der Waals surface area (Å²) in [5.74, 6) is -1.01. The van der Waals surface area contributed by atoms with Crippen LogP contribution in [0.2, 0.25) is 5.02 Å². The number of likely N-dealkylation sites (tertiary alicyclic amines) is 1. The molecular weight excluding hydrogens is 653 g/mol. The molecule has 47 heavy (non-hydrogen) atoms. The van der Waals surface area contributed by atoms with Gasteiger partial charge in [0.15, 0.2) is 11.6 Å². The zero-order valence-corrected chi connectivity index (χ0v) is 28.5. The molecule has 2 aromatic rings. The van der Waals surface area contributed by atoms with Crippen LogP contribution in [0.4, 0.5) is 9.18 Å². The number of carbonyl (C=O) groups excluding carboxylic acids is 1. The summed E-state index contributed by atoms with van der Waals surface area (Å²) in [6.45, 7) is 8.11. The van der Waals surface area contributed by atoms with Crippen LogP contribution in [0.3, 0.4) is 0 Å². The summed E-state index contributed by atoms with van der Waals surface area (Å²) in [4.78, 5) is 14.4. The van der Waals surface area contributed by atoms with E-state index in [0.29, 0.717) is 55.4 Å². The topological polar surface area (TPSA) is 165 Å². The Morgan fingerprint density at radius 3 is 2.60 bits per heavy atom. The van der Waals surface area contributed by atoms with Crippen LogP contribution in [-0.4, -0.2) is 89.7 Å². The van der Waals surface area contributed by atoms with E-state index in [4.69, 9.17) is 36.3 Å². The number of carbonyl (C=O) groups is 1. The van der Waals surface area contributed by atoms with E-state index in [1.165, 1.54) is 12.1 Å². The van der Waals surface area contributed by atoms with Crippen LogP contribution in [0.1, 0.15) is 56.4 Å². The molecule has 12 nitrogen and oxygen atoms in total. The number of fused-ring (bicyclic) bond motifs is 1. The second-order valence-electron chi connectivity index (χ2n) is 12.4. The lowest BCUT2D eigenvalue weighted by molar-refractivity contribution is 0.0354. The number of benzene rings is 2. The van der Waals surface area contributed by atoms with Crippen LogP contribution < -0.4 is 20.5 Å². The molecule has 0 saturated carbocycles. The van der Waals surface area contributed by atoms with Crippen LogP contribution >= 0.6 is 11.6 Å². The van der Waals surface area contributed by atoms with Crippen molar-refractivity contribution < 1.29 is 36.6 Å². The number of alkyl carbamates (subject to hydrolysis) is 1. The smallest absolute Gasteiger partial charge is 0.407 e. The summed E-state index contributed by atoms with van der Waals surface area (Å²) < 4.78 is 65.8. The monoisotopic (exact) mass is 695 g/mol. The molecule has 1 heterocycles. The highest BCUT2D eigenvalue weighted by Crippen LogP contribution is 2.42. The molecule has 2 aromatic carbocycles. The van der Waals surface area contributed by atoms with Gasteiger partial charge in [0, 0.05) is 30.7 Å². The van der Waals surface area contributed by atoms with Crippen LogP contribution in [0, 0.1) is 17.1 Å². The lowest BCUT2D eigenvalue weighted by Crippen LogP contribution is -2.53. The van der Waals surface area contributed by atoms with Gasteiger partial charge in [0.1, 0.15) is 11.7 Å². The number of amides is 1. The van der Waals surface area contributed by atoms with Gasteiger partial charge < -0.3 is 30.0 Å². The van der Waals surface area contributed by atoms with Gasteiger partial charge in [-0.25, -0.2) is 22.3 Å². The first-order valence-electron chi connectivity index (χ1n) is 15.6. The third-order valence-corrected chi connectivity index (χ3v) is 9.40. The van der Waals surface area contributed by atoms with Gasteiger partial charge in [-0.3, -0.25) is 4.90 Å². The summed E-state index contributed by atoms with van der Waals surface area (Å²) >= 11 is 6.39. The van der Waals surface area contributed by atoms with E-state index in [2.05, 4.69) is 21.0 Å². The molecule has 2 aliphatic rings. The number of hydrogen-bond donors (Lipinski definition) is 3. The van der Waals surface area contributed by atoms with Crippen LogP contribution in [0.25, 0.3) is 0 Å². The van der Waals surface area contributed by atoms with Crippen molar-refractivity contribution >= 4 is 27.7 Å². The number of nitrogens with one attached hydrogen (secondary N) is 2.